The van der Waals surface area contributed by atoms with Gasteiger partial charge in [-0.25, -0.2) is 0 Å². The summed E-state index contributed by atoms with van der Waals surface area (Å²) in [5, 5.41) is 0. The lowest BCUT2D eigenvalue weighted by atomic mass is 9.72. The monoisotopic (exact) mass is 233 g/mol. The maximum absolute atomic E-state index is 3.22. The molecular formula is C18H17. The molecular weight excluding hydrogens is 216 g/mol. The van der Waals surface area contributed by atoms with Crippen molar-refractivity contribution in [2.24, 2.45) is 0 Å². The molecule has 0 bridgehead atoms. The van der Waals surface area contributed by atoms with Crippen LogP contribution in [0.1, 0.15) is 37.0 Å². The fourth-order valence-corrected chi connectivity index (χ4v) is 2.71. The first-order chi connectivity index (χ1) is 8.68. The summed E-state index contributed by atoms with van der Waals surface area (Å²) in [4.78, 5) is 0. The molecule has 1 aliphatic carbocycles. The minimum Gasteiger partial charge on any atom is -0.0752 e. The van der Waals surface area contributed by atoms with E-state index in [1.807, 2.05) is 6.07 Å². The molecule has 0 atom stereocenters. The van der Waals surface area contributed by atoms with Gasteiger partial charge in [-0.15, -0.1) is 0 Å². The van der Waals surface area contributed by atoms with Gasteiger partial charge >= 0.3 is 0 Å². The normalized spacial score (nSPS) is 16.9. The van der Waals surface area contributed by atoms with Crippen LogP contribution in [0.5, 0.6) is 0 Å². The number of hydrogen-bond donors (Lipinski definition) is 0. The third kappa shape index (κ3) is 1.78. The predicted molar refractivity (Wildman–Crippen MR) is 76.4 cm³/mol. The highest BCUT2D eigenvalue weighted by molar-refractivity contribution is 5.83. The second-order valence-electron chi connectivity index (χ2n) is 5.54. The lowest BCUT2D eigenvalue weighted by Gasteiger charge is -2.32. The minimum absolute atomic E-state index is 0.225. The van der Waals surface area contributed by atoms with Gasteiger partial charge in [-0.1, -0.05) is 62.4 Å². The molecule has 89 valence electrons. The number of benzene rings is 2. The van der Waals surface area contributed by atoms with Crippen molar-refractivity contribution in [3.8, 4) is 0 Å². The molecule has 0 aromatic heterocycles. The third-order valence-electron chi connectivity index (χ3n) is 3.78. The molecule has 0 saturated heterocycles. The molecule has 0 saturated carbocycles. The summed E-state index contributed by atoms with van der Waals surface area (Å²) in [6.45, 7) is 4.62. The van der Waals surface area contributed by atoms with Crippen molar-refractivity contribution in [1.29, 1.82) is 0 Å². The Kier molecular flexibility index (Phi) is 2.59. The van der Waals surface area contributed by atoms with Gasteiger partial charge in [0.15, 0.2) is 0 Å². The van der Waals surface area contributed by atoms with E-state index in [9.17, 15) is 0 Å². The summed E-state index contributed by atoms with van der Waals surface area (Å²) in [6, 6.07) is 20.2. The smallest absolute Gasteiger partial charge is 0.00626 e. The Bertz CT molecular complexity index is 588. The SMILES string of the molecule is CC1(C)CC=C(c2ccccc2)c2c[c]ccc21. The number of fused-ring (bicyclic) bond motifs is 1. The standard InChI is InChI=1S/C18H17/c1-18(2)13-12-15(14-8-4-3-5-9-14)16-10-6-7-11-17(16)18/h3-5,7-12H,13H2,1-2H3. The zero-order chi connectivity index (χ0) is 12.6. The molecule has 0 unspecified atom stereocenters. The van der Waals surface area contributed by atoms with E-state index < -0.39 is 0 Å². The van der Waals surface area contributed by atoms with Crippen molar-refractivity contribution in [2.45, 2.75) is 25.7 Å². The fourth-order valence-electron chi connectivity index (χ4n) is 2.71. The van der Waals surface area contributed by atoms with Crippen LogP contribution < -0.4 is 0 Å². The van der Waals surface area contributed by atoms with Crippen molar-refractivity contribution >= 4 is 5.57 Å². The molecule has 0 heteroatoms. The van der Waals surface area contributed by atoms with Crippen molar-refractivity contribution in [3.63, 3.8) is 0 Å². The molecule has 0 amide bonds. The van der Waals surface area contributed by atoms with Crippen molar-refractivity contribution in [2.75, 3.05) is 0 Å². The molecule has 0 heterocycles. The zero-order valence-electron chi connectivity index (χ0n) is 10.9. The highest BCUT2D eigenvalue weighted by Gasteiger charge is 2.27. The highest BCUT2D eigenvalue weighted by atomic mass is 14.3. The van der Waals surface area contributed by atoms with Crippen LogP contribution in [-0.2, 0) is 5.41 Å². The van der Waals surface area contributed by atoms with E-state index in [1.165, 1.54) is 22.3 Å². The first-order valence-corrected chi connectivity index (χ1v) is 6.45. The highest BCUT2D eigenvalue weighted by Crippen LogP contribution is 2.40. The van der Waals surface area contributed by atoms with Gasteiger partial charge < -0.3 is 0 Å². The Hall–Kier alpha value is -1.82. The molecule has 1 radical (unpaired) electrons. The van der Waals surface area contributed by atoms with Crippen LogP contribution in [-0.4, -0.2) is 0 Å². The molecule has 1 aliphatic rings. The summed E-state index contributed by atoms with van der Waals surface area (Å²) in [7, 11) is 0. The van der Waals surface area contributed by atoms with Crippen LogP contribution in [0.3, 0.4) is 0 Å². The minimum atomic E-state index is 0.225. The Morgan fingerprint density at radius 1 is 1.06 bits per heavy atom. The largest absolute Gasteiger partial charge is 0.0752 e. The van der Waals surface area contributed by atoms with Crippen molar-refractivity contribution in [1.82, 2.24) is 0 Å². The maximum atomic E-state index is 3.22. The van der Waals surface area contributed by atoms with Crippen LogP contribution in [0, 0.1) is 6.07 Å². The molecule has 2 aromatic rings. The van der Waals surface area contributed by atoms with Gasteiger partial charge in [0, 0.05) is 0 Å². The maximum Gasteiger partial charge on any atom is -0.00626 e. The van der Waals surface area contributed by atoms with Crippen LogP contribution in [0.4, 0.5) is 0 Å². The Morgan fingerprint density at radius 2 is 1.83 bits per heavy atom. The van der Waals surface area contributed by atoms with Crippen LogP contribution in [0.2, 0.25) is 0 Å². The Morgan fingerprint density at radius 3 is 2.61 bits per heavy atom. The molecule has 18 heavy (non-hydrogen) atoms. The predicted octanol–water partition coefficient (Wildman–Crippen LogP) is 4.60. The Labute approximate surface area is 109 Å². The average Bonchev–Trinajstić information content (AvgIpc) is 2.40. The van der Waals surface area contributed by atoms with Gasteiger partial charge in [0.05, 0.1) is 0 Å². The quantitative estimate of drug-likeness (QED) is 0.675. The first kappa shape index (κ1) is 11.3. The lowest BCUT2D eigenvalue weighted by Crippen LogP contribution is -2.21. The molecule has 3 rings (SSSR count). The molecule has 0 nitrogen and oxygen atoms in total. The van der Waals surface area contributed by atoms with Crippen molar-refractivity contribution in [3.05, 3.63) is 77.4 Å². The second kappa shape index (κ2) is 4.13. The summed E-state index contributed by atoms with van der Waals surface area (Å²) < 4.78 is 0. The zero-order valence-corrected chi connectivity index (χ0v) is 10.9. The van der Waals surface area contributed by atoms with E-state index in [-0.39, 0.29) is 5.41 Å². The molecule has 0 N–H and O–H groups in total. The van der Waals surface area contributed by atoms with E-state index in [2.05, 4.69) is 68.5 Å². The van der Waals surface area contributed by atoms with E-state index in [0.29, 0.717) is 0 Å². The molecule has 0 fully saturated rings. The fraction of sp³-hybridized carbons (Fsp3) is 0.222. The summed E-state index contributed by atoms with van der Waals surface area (Å²) in [6.07, 6.45) is 3.46. The van der Waals surface area contributed by atoms with Gasteiger partial charge in [-0.05, 0) is 46.2 Å². The Balaban J connectivity index is 2.18. The number of rotatable bonds is 1. The van der Waals surface area contributed by atoms with Crippen molar-refractivity contribution < 1.29 is 0 Å². The van der Waals surface area contributed by atoms with E-state index in [1.54, 1.807) is 0 Å². The van der Waals surface area contributed by atoms with Gasteiger partial charge in [-0.3, -0.25) is 0 Å². The first-order valence-electron chi connectivity index (χ1n) is 6.45. The van der Waals surface area contributed by atoms with E-state index in [0.717, 1.165) is 6.42 Å². The van der Waals surface area contributed by atoms with Gasteiger partial charge in [0.1, 0.15) is 0 Å². The van der Waals surface area contributed by atoms with Crippen LogP contribution in [0.25, 0.3) is 5.57 Å². The molecule has 0 aliphatic heterocycles. The molecule has 2 aromatic carbocycles. The van der Waals surface area contributed by atoms with Crippen LogP contribution >= 0.6 is 0 Å². The lowest BCUT2D eigenvalue weighted by molar-refractivity contribution is 0.527. The summed E-state index contributed by atoms with van der Waals surface area (Å²) in [5.74, 6) is 0. The average molecular weight is 233 g/mol. The molecule has 0 spiro atoms. The summed E-state index contributed by atoms with van der Waals surface area (Å²) >= 11 is 0. The number of allylic oxidation sites excluding steroid dienone is 1. The topological polar surface area (TPSA) is 0 Å². The van der Waals surface area contributed by atoms with E-state index >= 15 is 0 Å². The summed E-state index contributed by atoms with van der Waals surface area (Å²) in [5.41, 5.74) is 5.64. The second-order valence-corrected chi connectivity index (χ2v) is 5.54. The third-order valence-corrected chi connectivity index (χ3v) is 3.78. The van der Waals surface area contributed by atoms with Gasteiger partial charge in [0.2, 0.25) is 0 Å². The number of hydrogen-bond acceptors (Lipinski definition) is 0. The van der Waals surface area contributed by atoms with Crippen LogP contribution in [0.15, 0.2) is 54.6 Å². The van der Waals surface area contributed by atoms with Gasteiger partial charge in [-0.2, -0.15) is 0 Å². The van der Waals surface area contributed by atoms with E-state index in [4.69, 9.17) is 0 Å². The van der Waals surface area contributed by atoms with Gasteiger partial charge in [0.25, 0.3) is 0 Å².